The van der Waals surface area contributed by atoms with E-state index in [-0.39, 0.29) is 30.1 Å². The molecule has 0 heterocycles. The van der Waals surface area contributed by atoms with Crippen molar-refractivity contribution in [3.05, 3.63) is 99.6 Å². The van der Waals surface area contributed by atoms with E-state index in [9.17, 15) is 22.0 Å². The van der Waals surface area contributed by atoms with Crippen molar-refractivity contribution in [3.63, 3.8) is 0 Å². The highest BCUT2D eigenvalue weighted by molar-refractivity contribution is 5.46. The van der Waals surface area contributed by atoms with Crippen LogP contribution in [-0.4, -0.2) is 6.11 Å². The third-order valence-corrected chi connectivity index (χ3v) is 8.74. The topological polar surface area (TPSA) is 9.23 Å². The van der Waals surface area contributed by atoms with Crippen LogP contribution < -0.4 is 4.74 Å². The SMILES string of the molecule is CC1CCC(c2ccc(C3CCC(C(F)(F)Oc4cc(F)c(C#Cc5cc(F)c(F)c(F)c5)c(F)c4)CC3)c(F)c2)CC1. The van der Waals surface area contributed by atoms with Gasteiger partial charge < -0.3 is 4.74 Å². The molecule has 0 radical (unpaired) electrons. The summed E-state index contributed by atoms with van der Waals surface area (Å²) in [6, 6.07) is 7.51. The van der Waals surface area contributed by atoms with Gasteiger partial charge in [0.15, 0.2) is 17.5 Å². The van der Waals surface area contributed by atoms with Crippen molar-refractivity contribution < 1.29 is 39.9 Å². The van der Waals surface area contributed by atoms with Crippen molar-refractivity contribution >= 4 is 0 Å². The maximum Gasteiger partial charge on any atom is 0.400 e. The van der Waals surface area contributed by atoms with Crippen LogP contribution in [0.2, 0.25) is 0 Å². The highest BCUT2D eigenvalue weighted by atomic mass is 19.3. The molecular formula is C34H30F8O. The summed E-state index contributed by atoms with van der Waals surface area (Å²) in [5, 5.41) is 0. The molecule has 228 valence electrons. The second-order valence-electron chi connectivity index (χ2n) is 11.7. The van der Waals surface area contributed by atoms with E-state index in [0.29, 0.717) is 54.5 Å². The zero-order valence-corrected chi connectivity index (χ0v) is 23.4. The monoisotopic (exact) mass is 606 g/mol. The smallest absolute Gasteiger partial charge is 0.400 e. The number of alkyl halides is 2. The summed E-state index contributed by atoms with van der Waals surface area (Å²) in [6.07, 6.45) is 1.22. The van der Waals surface area contributed by atoms with Crippen LogP contribution in [0.4, 0.5) is 35.1 Å². The van der Waals surface area contributed by atoms with Crippen LogP contribution in [0.1, 0.15) is 92.4 Å². The largest absolute Gasteiger partial charge is 0.432 e. The first-order valence-corrected chi connectivity index (χ1v) is 14.4. The highest BCUT2D eigenvalue weighted by Gasteiger charge is 2.44. The van der Waals surface area contributed by atoms with E-state index < -0.39 is 52.4 Å². The fraction of sp³-hybridized carbons (Fsp3) is 0.412. The van der Waals surface area contributed by atoms with E-state index in [4.69, 9.17) is 4.74 Å². The fourth-order valence-electron chi connectivity index (χ4n) is 6.19. The average molecular weight is 607 g/mol. The molecular weight excluding hydrogens is 576 g/mol. The van der Waals surface area contributed by atoms with Gasteiger partial charge >= 0.3 is 6.11 Å². The zero-order chi connectivity index (χ0) is 30.9. The summed E-state index contributed by atoms with van der Waals surface area (Å²) in [4.78, 5) is 0. The van der Waals surface area contributed by atoms with Crippen LogP contribution in [-0.2, 0) is 0 Å². The molecule has 9 heteroatoms. The van der Waals surface area contributed by atoms with Gasteiger partial charge in [-0.1, -0.05) is 43.7 Å². The minimum Gasteiger partial charge on any atom is -0.432 e. The molecule has 0 aliphatic heterocycles. The third-order valence-electron chi connectivity index (χ3n) is 8.74. The number of halogens is 8. The summed E-state index contributed by atoms with van der Waals surface area (Å²) in [7, 11) is 0. The molecule has 0 bridgehead atoms. The minimum atomic E-state index is -3.75. The second kappa shape index (κ2) is 12.6. The van der Waals surface area contributed by atoms with Crippen molar-refractivity contribution in [3.8, 4) is 17.6 Å². The predicted molar refractivity (Wildman–Crippen MR) is 146 cm³/mol. The molecule has 0 saturated heterocycles. The Morgan fingerprint density at radius 1 is 0.651 bits per heavy atom. The fourth-order valence-corrected chi connectivity index (χ4v) is 6.19. The normalized spacial score (nSPS) is 22.5. The van der Waals surface area contributed by atoms with E-state index >= 15 is 13.2 Å². The molecule has 2 saturated carbocycles. The molecule has 5 rings (SSSR count). The summed E-state index contributed by atoms with van der Waals surface area (Å²) >= 11 is 0. The summed E-state index contributed by atoms with van der Waals surface area (Å²) in [5.41, 5.74) is 0.277. The average Bonchev–Trinajstić information content (AvgIpc) is 2.95. The molecule has 2 aliphatic rings. The molecule has 0 unspecified atom stereocenters. The van der Waals surface area contributed by atoms with Gasteiger partial charge in [0.2, 0.25) is 0 Å². The lowest BCUT2D eigenvalue weighted by molar-refractivity contribution is -0.222. The van der Waals surface area contributed by atoms with Crippen molar-refractivity contribution in [2.24, 2.45) is 11.8 Å². The Morgan fingerprint density at radius 2 is 1.23 bits per heavy atom. The van der Waals surface area contributed by atoms with Crippen LogP contribution in [0.15, 0.2) is 42.5 Å². The molecule has 0 amide bonds. The summed E-state index contributed by atoms with van der Waals surface area (Å²) in [6.45, 7) is 2.22. The van der Waals surface area contributed by atoms with Gasteiger partial charge in [0.1, 0.15) is 23.2 Å². The van der Waals surface area contributed by atoms with Crippen molar-refractivity contribution in [2.75, 3.05) is 0 Å². The Morgan fingerprint density at radius 3 is 1.81 bits per heavy atom. The third kappa shape index (κ3) is 7.00. The van der Waals surface area contributed by atoms with Crippen LogP contribution in [0, 0.1) is 58.6 Å². The number of ether oxygens (including phenoxy) is 1. The molecule has 43 heavy (non-hydrogen) atoms. The highest BCUT2D eigenvalue weighted by Crippen LogP contribution is 2.44. The van der Waals surface area contributed by atoms with Gasteiger partial charge in [0, 0.05) is 17.7 Å². The van der Waals surface area contributed by atoms with Gasteiger partial charge in [0.25, 0.3) is 0 Å². The molecule has 0 atom stereocenters. The lowest BCUT2D eigenvalue weighted by Crippen LogP contribution is -2.37. The summed E-state index contributed by atoms with van der Waals surface area (Å²) in [5.74, 6) is -4.78. The molecule has 1 nitrogen and oxygen atoms in total. The number of benzene rings is 3. The van der Waals surface area contributed by atoms with Crippen LogP contribution >= 0.6 is 0 Å². The standard InChI is InChI=1S/C34H30F8O/c1-19-2-5-21(6-3-19)23-9-13-26(28(35)16-23)22-7-10-24(11-8-22)34(41,42)43-25-17-29(36)27(30(37)18-25)12-4-20-14-31(38)33(40)32(39)15-20/h9,13-19,21-22,24H,2-3,5-8,10-11H2,1H3. The molecule has 0 aromatic heterocycles. The lowest BCUT2D eigenvalue weighted by Gasteiger charge is -2.33. The quantitative estimate of drug-likeness (QED) is 0.160. The maximum absolute atomic E-state index is 15.1. The Balaban J connectivity index is 1.22. The second-order valence-corrected chi connectivity index (χ2v) is 11.7. The van der Waals surface area contributed by atoms with Crippen LogP contribution in [0.25, 0.3) is 0 Å². The van der Waals surface area contributed by atoms with Gasteiger partial charge in [-0.2, -0.15) is 8.78 Å². The molecule has 0 spiro atoms. The molecule has 0 N–H and O–H groups in total. The number of rotatable bonds is 5. The van der Waals surface area contributed by atoms with E-state index in [1.54, 1.807) is 12.1 Å². The minimum absolute atomic E-state index is 0.0265. The van der Waals surface area contributed by atoms with Crippen molar-refractivity contribution in [1.29, 1.82) is 0 Å². The van der Waals surface area contributed by atoms with Gasteiger partial charge in [-0.3, -0.25) is 0 Å². The number of hydrogen-bond donors (Lipinski definition) is 0. The molecule has 3 aromatic rings. The van der Waals surface area contributed by atoms with Gasteiger partial charge in [-0.25, -0.2) is 26.3 Å². The maximum atomic E-state index is 15.1. The Kier molecular flexibility index (Phi) is 9.05. The van der Waals surface area contributed by atoms with Crippen molar-refractivity contribution in [2.45, 2.75) is 76.2 Å². The van der Waals surface area contributed by atoms with E-state index in [0.717, 1.165) is 31.2 Å². The van der Waals surface area contributed by atoms with E-state index in [2.05, 4.69) is 12.8 Å². The Labute approximate surface area is 245 Å². The van der Waals surface area contributed by atoms with Gasteiger partial charge in [-0.05, 0) is 85.6 Å². The molecule has 3 aromatic carbocycles. The summed E-state index contributed by atoms with van der Waals surface area (Å²) < 4.78 is 119. The van der Waals surface area contributed by atoms with E-state index in [1.807, 2.05) is 12.0 Å². The van der Waals surface area contributed by atoms with E-state index in [1.165, 1.54) is 0 Å². The lowest BCUT2D eigenvalue weighted by atomic mass is 9.76. The molecule has 2 fully saturated rings. The Bertz CT molecular complexity index is 1490. The first-order valence-electron chi connectivity index (χ1n) is 14.4. The first kappa shape index (κ1) is 30.9. The first-order chi connectivity index (χ1) is 20.4. The number of hydrogen-bond acceptors (Lipinski definition) is 1. The van der Waals surface area contributed by atoms with Crippen molar-refractivity contribution in [1.82, 2.24) is 0 Å². The predicted octanol–water partition coefficient (Wildman–Crippen LogP) is 10.2. The van der Waals surface area contributed by atoms with Gasteiger partial charge in [-0.15, -0.1) is 0 Å². The van der Waals surface area contributed by atoms with Gasteiger partial charge in [0.05, 0.1) is 11.5 Å². The molecule has 2 aliphatic carbocycles. The zero-order valence-electron chi connectivity index (χ0n) is 23.4. The Hall–Kier alpha value is -3.54. The van der Waals surface area contributed by atoms with Crippen LogP contribution in [0.3, 0.4) is 0 Å². The van der Waals surface area contributed by atoms with Crippen LogP contribution in [0.5, 0.6) is 5.75 Å².